The number of hydrogen-bond donors (Lipinski definition) is 1. The van der Waals surface area contributed by atoms with E-state index in [2.05, 4.69) is 5.10 Å². The Hall–Kier alpha value is -4.39. The van der Waals surface area contributed by atoms with Crippen molar-refractivity contribution in [2.75, 3.05) is 14.2 Å². The molecule has 0 spiro atoms. The molecule has 0 unspecified atom stereocenters. The maximum Gasteiger partial charge on any atom is 0.280 e. The molecule has 1 amide bonds. The fourth-order valence-corrected chi connectivity index (χ4v) is 3.65. The van der Waals surface area contributed by atoms with Crippen LogP contribution in [-0.2, 0) is 6.54 Å². The van der Waals surface area contributed by atoms with Crippen molar-refractivity contribution >= 4 is 5.91 Å². The summed E-state index contributed by atoms with van der Waals surface area (Å²) in [4.78, 5) is 25.9. The first-order chi connectivity index (χ1) is 16.0. The number of benzene rings is 3. The van der Waals surface area contributed by atoms with Gasteiger partial charge in [-0.05, 0) is 47.5 Å². The highest BCUT2D eigenvalue weighted by molar-refractivity contribution is 6.02. The summed E-state index contributed by atoms with van der Waals surface area (Å²) in [5.74, 6) is 0.512. The first-order valence-electron chi connectivity index (χ1n) is 10.3. The lowest BCUT2D eigenvalue weighted by molar-refractivity contribution is 0.0998. The largest absolute Gasteiger partial charge is 0.497 e. The summed E-state index contributed by atoms with van der Waals surface area (Å²) in [5, 5.41) is 4.68. The molecule has 0 aliphatic carbocycles. The molecule has 0 saturated carbocycles. The normalized spacial score (nSPS) is 10.6. The van der Waals surface area contributed by atoms with Crippen molar-refractivity contribution < 1.29 is 14.3 Å². The molecule has 33 heavy (non-hydrogen) atoms. The van der Waals surface area contributed by atoms with Gasteiger partial charge in [0.2, 0.25) is 0 Å². The van der Waals surface area contributed by atoms with Gasteiger partial charge in [0.25, 0.3) is 11.5 Å². The minimum Gasteiger partial charge on any atom is -0.497 e. The summed E-state index contributed by atoms with van der Waals surface area (Å²) < 4.78 is 11.8. The fourth-order valence-electron chi connectivity index (χ4n) is 3.65. The van der Waals surface area contributed by atoms with Crippen LogP contribution in [0.2, 0.25) is 0 Å². The van der Waals surface area contributed by atoms with Crippen LogP contribution in [-0.4, -0.2) is 29.9 Å². The Morgan fingerprint density at radius 2 is 1.39 bits per heavy atom. The van der Waals surface area contributed by atoms with Crippen LogP contribution in [0.5, 0.6) is 11.5 Å². The highest BCUT2D eigenvalue weighted by Gasteiger charge is 2.24. The molecule has 1 heterocycles. The van der Waals surface area contributed by atoms with E-state index in [0.717, 1.165) is 5.56 Å². The van der Waals surface area contributed by atoms with Gasteiger partial charge < -0.3 is 15.2 Å². The van der Waals surface area contributed by atoms with Gasteiger partial charge in [0.05, 0.1) is 26.5 Å². The summed E-state index contributed by atoms with van der Waals surface area (Å²) in [6, 6.07) is 23.8. The number of nitrogens with zero attached hydrogens (tertiary/aromatic N) is 2. The van der Waals surface area contributed by atoms with E-state index < -0.39 is 11.5 Å². The quantitative estimate of drug-likeness (QED) is 0.471. The number of ether oxygens (including phenoxy) is 2. The van der Waals surface area contributed by atoms with Crippen LogP contribution >= 0.6 is 0 Å². The molecule has 4 aromatic rings. The van der Waals surface area contributed by atoms with Gasteiger partial charge in [0.15, 0.2) is 0 Å². The molecular formula is C26H23N3O4. The zero-order valence-electron chi connectivity index (χ0n) is 18.3. The van der Waals surface area contributed by atoms with Crippen LogP contribution < -0.4 is 20.8 Å². The maximum absolute atomic E-state index is 13.4. The second kappa shape index (κ2) is 9.40. The second-order valence-electron chi connectivity index (χ2n) is 7.37. The van der Waals surface area contributed by atoms with Crippen molar-refractivity contribution in [1.29, 1.82) is 0 Å². The number of nitrogens with two attached hydrogens (primary N) is 1. The molecule has 166 valence electrons. The predicted molar refractivity (Wildman–Crippen MR) is 127 cm³/mol. The fraction of sp³-hybridized carbons (Fsp3) is 0.115. The van der Waals surface area contributed by atoms with E-state index in [1.54, 1.807) is 50.6 Å². The van der Waals surface area contributed by atoms with Gasteiger partial charge in [-0.2, -0.15) is 5.10 Å². The molecule has 4 rings (SSSR count). The molecule has 0 radical (unpaired) electrons. The highest BCUT2D eigenvalue weighted by atomic mass is 16.5. The van der Waals surface area contributed by atoms with Gasteiger partial charge in [0.1, 0.15) is 17.1 Å². The summed E-state index contributed by atoms with van der Waals surface area (Å²) >= 11 is 0. The van der Waals surface area contributed by atoms with Crippen molar-refractivity contribution in [1.82, 2.24) is 9.78 Å². The van der Waals surface area contributed by atoms with Gasteiger partial charge in [0, 0.05) is 11.1 Å². The van der Waals surface area contributed by atoms with Crippen LogP contribution in [0.1, 0.15) is 15.9 Å². The predicted octanol–water partition coefficient (Wildman–Crippen LogP) is 3.74. The number of carbonyl (C=O) groups excluding carboxylic acids is 1. The molecule has 2 N–H and O–H groups in total. The van der Waals surface area contributed by atoms with Gasteiger partial charge in [-0.1, -0.05) is 42.5 Å². The SMILES string of the molecule is COc1ccc(-c2nn(Cc3ccccc3)c(=O)c(C(N)=O)c2-c2ccc(OC)cc2)cc1. The van der Waals surface area contributed by atoms with Crippen molar-refractivity contribution in [3.8, 4) is 33.9 Å². The molecule has 1 aromatic heterocycles. The third kappa shape index (κ3) is 4.48. The first kappa shape index (κ1) is 21.8. The second-order valence-corrected chi connectivity index (χ2v) is 7.37. The Labute approximate surface area is 191 Å². The monoisotopic (exact) mass is 441 g/mol. The molecule has 0 bridgehead atoms. The van der Waals surface area contributed by atoms with Crippen molar-refractivity contribution in [2.45, 2.75) is 6.54 Å². The zero-order chi connectivity index (χ0) is 23.4. The number of aromatic nitrogens is 2. The molecule has 0 fully saturated rings. The number of amides is 1. The Bertz CT molecular complexity index is 1330. The highest BCUT2D eigenvalue weighted by Crippen LogP contribution is 2.33. The van der Waals surface area contributed by atoms with E-state index in [4.69, 9.17) is 15.2 Å². The van der Waals surface area contributed by atoms with E-state index in [-0.39, 0.29) is 12.1 Å². The molecule has 0 aliphatic heterocycles. The molecule has 0 aliphatic rings. The molecule has 3 aromatic carbocycles. The Kier molecular flexibility index (Phi) is 6.22. The Morgan fingerprint density at radius 1 is 0.848 bits per heavy atom. The van der Waals surface area contributed by atoms with Gasteiger partial charge in [-0.15, -0.1) is 0 Å². The van der Waals surface area contributed by atoms with Crippen LogP contribution in [0.15, 0.2) is 83.7 Å². The number of rotatable bonds is 7. The smallest absolute Gasteiger partial charge is 0.280 e. The van der Waals surface area contributed by atoms with Gasteiger partial charge >= 0.3 is 0 Å². The van der Waals surface area contributed by atoms with E-state index in [9.17, 15) is 9.59 Å². The van der Waals surface area contributed by atoms with Crippen LogP contribution in [0, 0.1) is 0 Å². The van der Waals surface area contributed by atoms with Gasteiger partial charge in [-0.25, -0.2) is 4.68 Å². The molecule has 0 saturated heterocycles. The molecule has 7 heteroatoms. The van der Waals surface area contributed by atoms with E-state index in [0.29, 0.717) is 33.9 Å². The maximum atomic E-state index is 13.4. The molecular weight excluding hydrogens is 418 g/mol. The minimum absolute atomic E-state index is 0.114. The van der Waals surface area contributed by atoms with Crippen molar-refractivity contribution in [2.24, 2.45) is 5.73 Å². The number of primary amides is 1. The standard InChI is InChI=1S/C26H23N3O4/c1-32-20-12-8-18(9-13-20)22-23(25(27)30)26(31)29(16-17-6-4-3-5-7-17)28-24(22)19-10-14-21(33-2)15-11-19/h3-15H,16H2,1-2H3,(H2,27,30). The average molecular weight is 441 g/mol. The third-order valence-corrected chi connectivity index (χ3v) is 5.32. The summed E-state index contributed by atoms with van der Waals surface area (Å²) in [6.45, 7) is 0.200. The van der Waals surface area contributed by atoms with Crippen molar-refractivity contribution in [3.63, 3.8) is 0 Å². The van der Waals surface area contributed by atoms with Crippen LogP contribution in [0.25, 0.3) is 22.4 Å². The van der Waals surface area contributed by atoms with Crippen LogP contribution in [0.3, 0.4) is 0 Å². The summed E-state index contributed by atoms with van der Waals surface area (Å²) in [5.41, 5.74) is 8.14. The number of hydrogen-bond acceptors (Lipinski definition) is 5. The van der Waals surface area contributed by atoms with E-state index in [1.165, 1.54) is 4.68 Å². The number of carbonyl (C=O) groups is 1. The van der Waals surface area contributed by atoms with Crippen molar-refractivity contribution in [3.05, 3.63) is 100 Å². The lowest BCUT2D eigenvalue weighted by atomic mass is 9.95. The molecule has 7 nitrogen and oxygen atoms in total. The average Bonchev–Trinajstić information content (AvgIpc) is 2.85. The Morgan fingerprint density at radius 3 is 1.91 bits per heavy atom. The number of methoxy groups -OCH3 is 2. The lowest BCUT2D eigenvalue weighted by Crippen LogP contribution is -2.33. The summed E-state index contributed by atoms with van der Waals surface area (Å²) in [6.07, 6.45) is 0. The minimum atomic E-state index is -0.815. The van der Waals surface area contributed by atoms with E-state index >= 15 is 0 Å². The Balaban J connectivity index is 2.00. The van der Waals surface area contributed by atoms with Gasteiger partial charge in [-0.3, -0.25) is 9.59 Å². The zero-order valence-corrected chi connectivity index (χ0v) is 18.3. The lowest BCUT2D eigenvalue weighted by Gasteiger charge is -2.16. The van der Waals surface area contributed by atoms with Crippen LogP contribution in [0.4, 0.5) is 0 Å². The topological polar surface area (TPSA) is 96.4 Å². The summed E-state index contributed by atoms with van der Waals surface area (Å²) in [7, 11) is 3.15. The van der Waals surface area contributed by atoms with E-state index in [1.807, 2.05) is 42.5 Å². The first-order valence-corrected chi connectivity index (χ1v) is 10.3. The third-order valence-electron chi connectivity index (χ3n) is 5.32. The molecule has 0 atom stereocenters.